The van der Waals surface area contributed by atoms with Gasteiger partial charge in [0.1, 0.15) is 11.3 Å². The van der Waals surface area contributed by atoms with Gasteiger partial charge in [-0.15, -0.1) is 0 Å². The quantitative estimate of drug-likeness (QED) is 0.788. The zero-order valence-corrected chi connectivity index (χ0v) is 15.6. The van der Waals surface area contributed by atoms with Gasteiger partial charge in [-0.05, 0) is 68.2 Å². The van der Waals surface area contributed by atoms with E-state index in [4.69, 9.17) is 9.15 Å². The van der Waals surface area contributed by atoms with Gasteiger partial charge in [0.15, 0.2) is 6.10 Å². The minimum Gasteiger partial charge on any atom is -0.480 e. The fourth-order valence-corrected chi connectivity index (χ4v) is 4.05. The van der Waals surface area contributed by atoms with Crippen molar-refractivity contribution >= 4 is 16.9 Å². The lowest BCUT2D eigenvalue weighted by Gasteiger charge is -2.23. The number of nitrogens with zero attached hydrogens (tertiary/aromatic N) is 1. The highest BCUT2D eigenvalue weighted by atomic mass is 16.5. The molecule has 1 aromatic carbocycles. The van der Waals surface area contributed by atoms with Gasteiger partial charge >= 0.3 is 5.63 Å². The van der Waals surface area contributed by atoms with E-state index in [0.717, 1.165) is 36.0 Å². The molecule has 4 rings (SSSR count). The summed E-state index contributed by atoms with van der Waals surface area (Å²) in [5, 5.41) is 0.789. The van der Waals surface area contributed by atoms with Crippen molar-refractivity contribution in [3.8, 4) is 5.75 Å². The van der Waals surface area contributed by atoms with Crippen LogP contribution in [0.1, 0.15) is 44.2 Å². The predicted octanol–water partition coefficient (Wildman–Crippen LogP) is 3.44. The van der Waals surface area contributed by atoms with Crippen molar-refractivity contribution in [1.82, 2.24) is 4.90 Å². The van der Waals surface area contributed by atoms with Crippen LogP contribution in [0.4, 0.5) is 0 Å². The Kier molecular flexibility index (Phi) is 4.05. The Balaban J connectivity index is 1.63. The van der Waals surface area contributed by atoms with Gasteiger partial charge in [0, 0.05) is 19.2 Å². The molecule has 1 aliphatic heterocycles. The number of amides is 1. The molecule has 5 nitrogen and oxygen atoms in total. The van der Waals surface area contributed by atoms with Crippen LogP contribution in [0.15, 0.2) is 27.4 Å². The number of ether oxygens (including phenoxy) is 1. The highest BCUT2D eigenvalue weighted by Crippen LogP contribution is 2.52. The minimum atomic E-state index is -0.564. The molecule has 1 amide bonds. The van der Waals surface area contributed by atoms with Gasteiger partial charge in [-0.1, -0.05) is 6.92 Å². The van der Waals surface area contributed by atoms with E-state index in [1.165, 1.54) is 18.9 Å². The molecule has 2 fully saturated rings. The molecule has 0 radical (unpaired) electrons. The van der Waals surface area contributed by atoms with Crippen molar-refractivity contribution in [3.63, 3.8) is 0 Å². The number of benzene rings is 1. The first kappa shape index (κ1) is 17.1. The van der Waals surface area contributed by atoms with Gasteiger partial charge in [-0.25, -0.2) is 4.79 Å². The van der Waals surface area contributed by atoms with Crippen LogP contribution in [-0.4, -0.2) is 30.0 Å². The van der Waals surface area contributed by atoms with Gasteiger partial charge in [-0.3, -0.25) is 4.79 Å². The summed E-state index contributed by atoms with van der Waals surface area (Å²) in [6.45, 7) is 7.42. The van der Waals surface area contributed by atoms with Gasteiger partial charge in [0.2, 0.25) is 0 Å². The van der Waals surface area contributed by atoms with E-state index in [9.17, 15) is 9.59 Å². The van der Waals surface area contributed by atoms with Crippen LogP contribution < -0.4 is 10.4 Å². The molecule has 2 aliphatic rings. The van der Waals surface area contributed by atoms with E-state index in [1.54, 1.807) is 6.92 Å². The van der Waals surface area contributed by atoms with Crippen molar-refractivity contribution in [3.05, 3.63) is 39.7 Å². The second-order valence-electron chi connectivity index (χ2n) is 7.85. The molecule has 1 aliphatic carbocycles. The Morgan fingerprint density at radius 3 is 2.73 bits per heavy atom. The molecule has 1 atom stereocenters. The highest BCUT2D eigenvalue weighted by Gasteiger charge is 2.49. The highest BCUT2D eigenvalue weighted by molar-refractivity contribution is 5.88. The van der Waals surface area contributed by atoms with Gasteiger partial charge in [-0.2, -0.15) is 0 Å². The molecule has 1 spiro atoms. The van der Waals surface area contributed by atoms with E-state index in [2.05, 4.69) is 0 Å². The second-order valence-corrected chi connectivity index (χ2v) is 7.85. The first-order chi connectivity index (χ1) is 12.4. The van der Waals surface area contributed by atoms with Crippen molar-refractivity contribution < 1.29 is 13.9 Å². The average Bonchev–Trinajstić information content (AvgIpc) is 3.21. The van der Waals surface area contributed by atoms with Crippen molar-refractivity contribution in [2.24, 2.45) is 5.41 Å². The summed E-state index contributed by atoms with van der Waals surface area (Å²) in [6.07, 6.45) is 3.73. The molecule has 1 saturated carbocycles. The van der Waals surface area contributed by atoms with Crippen LogP contribution in [0.5, 0.6) is 5.75 Å². The lowest BCUT2D eigenvalue weighted by atomic mass is 10.0. The van der Waals surface area contributed by atoms with Crippen LogP contribution in [0.25, 0.3) is 11.0 Å². The van der Waals surface area contributed by atoms with Crippen molar-refractivity contribution in [2.75, 3.05) is 13.1 Å². The molecular formula is C21H25NO4. The Labute approximate surface area is 152 Å². The number of hydrogen-bond donors (Lipinski definition) is 0. The third-order valence-electron chi connectivity index (χ3n) is 5.77. The lowest BCUT2D eigenvalue weighted by molar-refractivity contribution is -0.137. The number of likely N-dealkylation sites (tertiary alicyclic amines) is 1. The normalized spacial score (nSPS) is 19.1. The Hall–Kier alpha value is -2.30. The van der Waals surface area contributed by atoms with E-state index < -0.39 is 6.10 Å². The number of carbonyl (C=O) groups excluding carboxylic acids is 1. The van der Waals surface area contributed by atoms with E-state index in [0.29, 0.717) is 23.2 Å². The van der Waals surface area contributed by atoms with Crippen LogP contribution in [-0.2, 0) is 11.2 Å². The smallest absolute Gasteiger partial charge is 0.336 e. The maximum absolute atomic E-state index is 12.8. The standard InChI is InChI=1S/C21H25NO4/c1-4-15-11-18(23)26-17-10-13(2)9-16(19(15)17)25-14(3)20(24)22-8-7-21(12-22)5-6-21/h9-11,14H,4-8,12H2,1-3H3. The first-order valence-electron chi connectivity index (χ1n) is 9.44. The SMILES string of the molecule is CCc1cc(=O)oc2cc(C)cc(OC(C)C(=O)N3CCC4(CC4)C3)c12. The Morgan fingerprint density at radius 1 is 1.31 bits per heavy atom. The van der Waals surface area contributed by atoms with Crippen LogP contribution in [0.3, 0.4) is 0 Å². The average molecular weight is 355 g/mol. The van der Waals surface area contributed by atoms with Crippen molar-refractivity contribution in [1.29, 1.82) is 0 Å². The predicted molar refractivity (Wildman–Crippen MR) is 99.6 cm³/mol. The summed E-state index contributed by atoms with van der Waals surface area (Å²) < 4.78 is 11.5. The number of carbonyl (C=O) groups is 1. The summed E-state index contributed by atoms with van der Waals surface area (Å²) in [6, 6.07) is 5.26. The van der Waals surface area contributed by atoms with E-state index in [1.807, 2.05) is 30.9 Å². The first-order valence-corrected chi connectivity index (χ1v) is 9.44. The number of rotatable bonds is 4. The molecule has 1 unspecified atom stereocenters. The summed E-state index contributed by atoms with van der Waals surface area (Å²) in [5.41, 5.74) is 2.37. The molecule has 2 heterocycles. The summed E-state index contributed by atoms with van der Waals surface area (Å²) in [4.78, 5) is 26.6. The monoisotopic (exact) mass is 355 g/mol. The molecule has 0 bridgehead atoms. The van der Waals surface area contributed by atoms with Gasteiger partial charge < -0.3 is 14.1 Å². The molecule has 2 aromatic rings. The fourth-order valence-electron chi connectivity index (χ4n) is 4.05. The summed E-state index contributed by atoms with van der Waals surface area (Å²) in [7, 11) is 0. The second kappa shape index (κ2) is 6.15. The van der Waals surface area contributed by atoms with Crippen LogP contribution in [0.2, 0.25) is 0 Å². The zero-order chi connectivity index (χ0) is 18.5. The maximum Gasteiger partial charge on any atom is 0.336 e. The third kappa shape index (κ3) is 3.00. The van der Waals surface area contributed by atoms with E-state index in [-0.39, 0.29) is 11.5 Å². The molecule has 5 heteroatoms. The number of hydrogen-bond acceptors (Lipinski definition) is 4. The number of aryl methyl sites for hydroxylation is 2. The third-order valence-corrected chi connectivity index (χ3v) is 5.77. The molecular weight excluding hydrogens is 330 g/mol. The molecule has 26 heavy (non-hydrogen) atoms. The Bertz CT molecular complexity index is 925. The van der Waals surface area contributed by atoms with Crippen LogP contribution in [0, 0.1) is 12.3 Å². The minimum absolute atomic E-state index is 0.0406. The largest absolute Gasteiger partial charge is 0.480 e. The molecule has 138 valence electrons. The van der Waals surface area contributed by atoms with Crippen molar-refractivity contribution in [2.45, 2.75) is 52.6 Å². The molecule has 1 saturated heterocycles. The fraction of sp³-hybridized carbons (Fsp3) is 0.524. The maximum atomic E-state index is 12.8. The summed E-state index contributed by atoms with van der Waals surface area (Å²) in [5.74, 6) is 0.653. The molecule has 1 aromatic heterocycles. The molecule has 0 N–H and O–H groups in total. The zero-order valence-electron chi connectivity index (χ0n) is 15.6. The summed E-state index contributed by atoms with van der Waals surface area (Å²) >= 11 is 0. The van der Waals surface area contributed by atoms with Crippen LogP contribution >= 0.6 is 0 Å². The van der Waals surface area contributed by atoms with Gasteiger partial charge in [0.05, 0.1) is 5.39 Å². The topological polar surface area (TPSA) is 59.8 Å². The number of fused-ring (bicyclic) bond motifs is 1. The lowest BCUT2D eigenvalue weighted by Crippen LogP contribution is -2.39. The van der Waals surface area contributed by atoms with Gasteiger partial charge in [0.25, 0.3) is 5.91 Å². The Morgan fingerprint density at radius 2 is 2.08 bits per heavy atom. The van der Waals surface area contributed by atoms with E-state index >= 15 is 0 Å².